The first kappa shape index (κ1) is 24.5. The zero-order valence-electron chi connectivity index (χ0n) is 21.0. The first-order valence-electron chi connectivity index (χ1n) is 12.8. The zero-order chi connectivity index (χ0) is 25.6. The molecule has 1 atom stereocenters. The summed E-state index contributed by atoms with van der Waals surface area (Å²) in [5.41, 5.74) is 6.76. The molecule has 0 saturated carbocycles. The molecule has 1 aromatic heterocycles. The van der Waals surface area contributed by atoms with Crippen LogP contribution in [-0.2, 0) is 17.8 Å². The van der Waals surface area contributed by atoms with Crippen LogP contribution in [0, 0.1) is 12.7 Å². The van der Waals surface area contributed by atoms with Crippen molar-refractivity contribution in [1.82, 2.24) is 9.88 Å². The summed E-state index contributed by atoms with van der Waals surface area (Å²) >= 11 is 0. The van der Waals surface area contributed by atoms with Crippen LogP contribution in [-0.4, -0.2) is 17.0 Å². The lowest BCUT2D eigenvalue weighted by atomic mass is 9.87. The van der Waals surface area contributed by atoms with Gasteiger partial charge in [-0.2, -0.15) is 0 Å². The van der Waals surface area contributed by atoms with E-state index in [0.717, 1.165) is 34.0 Å². The highest BCUT2D eigenvalue weighted by Crippen LogP contribution is 2.35. The second-order valence-corrected chi connectivity index (χ2v) is 9.61. The Morgan fingerprint density at radius 3 is 2.41 bits per heavy atom. The molecule has 4 heteroatoms. The summed E-state index contributed by atoms with van der Waals surface area (Å²) in [7, 11) is 0. The van der Waals surface area contributed by atoms with Crippen molar-refractivity contribution >= 4 is 16.8 Å². The van der Waals surface area contributed by atoms with Crippen molar-refractivity contribution in [2.24, 2.45) is 0 Å². The summed E-state index contributed by atoms with van der Waals surface area (Å²) in [6.45, 7) is 3.32. The van der Waals surface area contributed by atoms with Gasteiger partial charge in [0.2, 0.25) is 5.91 Å². The van der Waals surface area contributed by atoms with Crippen LogP contribution in [0.1, 0.15) is 40.2 Å². The molecular weight excluding hydrogens is 459 g/mol. The number of aromatic nitrogens is 1. The van der Waals surface area contributed by atoms with Gasteiger partial charge in [-0.1, -0.05) is 90.5 Å². The van der Waals surface area contributed by atoms with Crippen molar-refractivity contribution in [2.45, 2.75) is 32.2 Å². The predicted molar refractivity (Wildman–Crippen MR) is 148 cm³/mol. The zero-order valence-corrected chi connectivity index (χ0v) is 21.0. The number of fused-ring (bicyclic) bond motifs is 1. The molecule has 5 rings (SSSR count). The standard InChI is InChI=1S/C33H31FN2O/c1-24-8-7-11-27(20-24)30(21-33(37)35-19-18-25-9-3-2-4-10-25)31-23-36(32-13-6-5-12-29(31)32)22-26-14-16-28(34)17-15-26/h2-17,20,23,30H,18-19,21-22H2,1H3,(H,35,37). The van der Waals surface area contributed by atoms with Crippen LogP contribution >= 0.6 is 0 Å². The number of nitrogens with zero attached hydrogens (tertiary/aromatic N) is 1. The normalized spacial score (nSPS) is 11.9. The van der Waals surface area contributed by atoms with E-state index in [1.165, 1.54) is 23.3 Å². The molecule has 0 aliphatic heterocycles. The van der Waals surface area contributed by atoms with Crippen LogP contribution in [0.2, 0.25) is 0 Å². The van der Waals surface area contributed by atoms with Crippen molar-refractivity contribution in [3.63, 3.8) is 0 Å². The molecule has 1 unspecified atom stereocenters. The summed E-state index contributed by atoms with van der Waals surface area (Å²) in [5.74, 6) is -0.284. The molecule has 0 radical (unpaired) electrons. The Hall–Kier alpha value is -4.18. The molecule has 1 N–H and O–H groups in total. The summed E-state index contributed by atoms with van der Waals surface area (Å²) in [6.07, 6.45) is 3.33. The maximum Gasteiger partial charge on any atom is 0.220 e. The van der Waals surface area contributed by atoms with Crippen LogP contribution in [0.3, 0.4) is 0 Å². The Labute approximate surface area is 217 Å². The molecule has 186 valence electrons. The number of aryl methyl sites for hydroxylation is 1. The third-order valence-corrected chi connectivity index (χ3v) is 6.87. The minimum atomic E-state index is -0.236. The average molecular weight is 491 g/mol. The molecule has 0 bridgehead atoms. The largest absolute Gasteiger partial charge is 0.356 e. The molecule has 0 aliphatic carbocycles. The Bertz CT molecular complexity index is 1490. The number of amides is 1. The Morgan fingerprint density at radius 2 is 1.62 bits per heavy atom. The summed E-state index contributed by atoms with van der Waals surface area (Å²) in [4.78, 5) is 13.2. The van der Waals surface area contributed by atoms with Gasteiger partial charge >= 0.3 is 0 Å². The Morgan fingerprint density at radius 1 is 0.865 bits per heavy atom. The average Bonchev–Trinajstić information content (AvgIpc) is 3.27. The van der Waals surface area contributed by atoms with Gasteiger partial charge in [-0.05, 0) is 53.8 Å². The second kappa shape index (κ2) is 11.3. The van der Waals surface area contributed by atoms with Crippen LogP contribution in [0.15, 0.2) is 109 Å². The second-order valence-electron chi connectivity index (χ2n) is 9.61. The highest BCUT2D eigenvalue weighted by Gasteiger charge is 2.23. The number of rotatable bonds is 9. The number of hydrogen-bond acceptors (Lipinski definition) is 1. The molecule has 5 aromatic rings. The van der Waals surface area contributed by atoms with Gasteiger partial charge in [0.1, 0.15) is 5.82 Å². The number of halogens is 1. The van der Waals surface area contributed by atoms with Crippen molar-refractivity contribution in [3.8, 4) is 0 Å². The predicted octanol–water partition coefficient (Wildman–Crippen LogP) is 7.02. The molecular formula is C33H31FN2O. The van der Waals surface area contributed by atoms with E-state index >= 15 is 0 Å². The van der Waals surface area contributed by atoms with E-state index in [-0.39, 0.29) is 17.6 Å². The van der Waals surface area contributed by atoms with Crippen molar-refractivity contribution in [3.05, 3.63) is 143 Å². The molecule has 3 nitrogen and oxygen atoms in total. The molecule has 0 fully saturated rings. The van der Waals surface area contributed by atoms with Gasteiger partial charge < -0.3 is 9.88 Å². The lowest BCUT2D eigenvalue weighted by Crippen LogP contribution is -2.27. The lowest BCUT2D eigenvalue weighted by Gasteiger charge is -2.18. The molecule has 1 amide bonds. The van der Waals surface area contributed by atoms with Gasteiger partial charge in [-0.3, -0.25) is 4.79 Å². The van der Waals surface area contributed by atoms with Gasteiger partial charge in [0.25, 0.3) is 0 Å². The van der Waals surface area contributed by atoms with Gasteiger partial charge in [0, 0.05) is 42.5 Å². The maximum atomic E-state index is 13.5. The fraction of sp³-hybridized carbons (Fsp3) is 0.182. The van der Waals surface area contributed by atoms with Crippen LogP contribution in [0.25, 0.3) is 10.9 Å². The number of nitrogens with one attached hydrogen (secondary N) is 1. The number of benzene rings is 4. The highest BCUT2D eigenvalue weighted by molar-refractivity contribution is 5.86. The molecule has 4 aromatic carbocycles. The van der Waals surface area contributed by atoms with E-state index in [4.69, 9.17) is 0 Å². The Balaban J connectivity index is 1.44. The van der Waals surface area contributed by atoms with Gasteiger partial charge in [0.15, 0.2) is 0 Å². The molecule has 37 heavy (non-hydrogen) atoms. The lowest BCUT2D eigenvalue weighted by molar-refractivity contribution is -0.121. The quantitative estimate of drug-likeness (QED) is 0.237. The fourth-order valence-corrected chi connectivity index (χ4v) is 5.01. The number of para-hydroxylation sites is 1. The monoisotopic (exact) mass is 490 g/mol. The minimum Gasteiger partial charge on any atom is -0.356 e. The first-order valence-corrected chi connectivity index (χ1v) is 12.8. The van der Waals surface area contributed by atoms with Crippen molar-refractivity contribution in [2.75, 3.05) is 6.54 Å². The van der Waals surface area contributed by atoms with E-state index < -0.39 is 0 Å². The minimum absolute atomic E-state index is 0.0396. The van der Waals surface area contributed by atoms with E-state index in [0.29, 0.717) is 19.5 Å². The van der Waals surface area contributed by atoms with E-state index in [9.17, 15) is 9.18 Å². The number of hydrogen-bond donors (Lipinski definition) is 1. The van der Waals surface area contributed by atoms with Crippen molar-refractivity contribution < 1.29 is 9.18 Å². The van der Waals surface area contributed by atoms with Crippen molar-refractivity contribution in [1.29, 1.82) is 0 Å². The highest BCUT2D eigenvalue weighted by atomic mass is 19.1. The first-order chi connectivity index (χ1) is 18.1. The van der Waals surface area contributed by atoms with E-state index in [1.807, 2.05) is 42.5 Å². The van der Waals surface area contributed by atoms with Gasteiger partial charge in [-0.25, -0.2) is 4.39 Å². The topological polar surface area (TPSA) is 34.0 Å². The van der Waals surface area contributed by atoms with Gasteiger partial charge in [0.05, 0.1) is 0 Å². The smallest absolute Gasteiger partial charge is 0.220 e. The molecule has 0 saturated heterocycles. The summed E-state index contributed by atoms with van der Waals surface area (Å²) in [6, 6.07) is 33.6. The third-order valence-electron chi connectivity index (χ3n) is 6.87. The van der Waals surface area contributed by atoms with E-state index in [2.05, 4.69) is 71.5 Å². The maximum absolute atomic E-state index is 13.5. The van der Waals surface area contributed by atoms with Crippen LogP contribution in [0.5, 0.6) is 0 Å². The van der Waals surface area contributed by atoms with Gasteiger partial charge in [-0.15, -0.1) is 0 Å². The molecule has 0 aliphatic rings. The number of carbonyl (C=O) groups excluding carboxylic acids is 1. The summed E-state index contributed by atoms with van der Waals surface area (Å²) in [5, 5.41) is 4.27. The van der Waals surface area contributed by atoms with E-state index in [1.54, 1.807) is 0 Å². The fourth-order valence-electron chi connectivity index (χ4n) is 5.01. The molecule has 1 heterocycles. The SMILES string of the molecule is Cc1cccc(C(CC(=O)NCCc2ccccc2)c2cn(Cc3ccc(F)cc3)c3ccccc23)c1. The summed E-state index contributed by atoms with van der Waals surface area (Å²) < 4.78 is 15.7. The third kappa shape index (κ3) is 5.97. The van der Waals surface area contributed by atoms with Crippen LogP contribution in [0.4, 0.5) is 4.39 Å². The molecule has 0 spiro atoms. The number of carbonyl (C=O) groups is 1. The Kier molecular flexibility index (Phi) is 7.46. The van der Waals surface area contributed by atoms with Crippen LogP contribution < -0.4 is 5.32 Å².